The molecule has 0 aliphatic carbocycles. The lowest BCUT2D eigenvalue weighted by Crippen LogP contribution is -2.35. The number of fused-ring (bicyclic) bond motifs is 1. The molecule has 1 N–H and O–H groups in total. The van der Waals surface area contributed by atoms with Crippen molar-refractivity contribution >= 4 is 17.5 Å². The average molecular weight is 341 g/mol. The van der Waals surface area contributed by atoms with Crippen LogP contribution in [0, 0.1) is 18.8 Å². The summed E-state index contributed by atoms with van der Waals surface area (Å²) < 4.78 is 0. The number of likely N-dealkylation sites (tertiary alicyclic amines) is 1. The van der Waals surface area contributed by atoms with Crippen LogP contribution in [0.15, 0.2) is 48.5 Å². The van der Waals surface area contributed by atoms with Gasteiger partial charge in [0.05, 0.1) is 6.04 Å². The standard InChI is InChI=1S/C20H21ClN2O/c1-13-4-2-3-5-17(13)19-18-11-22-10-15(18)12-23(19)20(24)14-6-8-16(21)9-7-14/h2-9,15,18-19,22H,10-12H2,1H3/t15-,18-,19-/m0/s1. The fourth-order valence-corrected chi connectivity index (χ4v) is 4.33. The second-order valence-corrected chi connectivity index (χ2v) is 7.28. The molecule has 3 nitrogen and oxygen atoms in total. The topological polar surface area (TPSA) is 32.3 Å². The van der Waals surface area contributed by atoms with Gasteiger partial charge in [-0.05, 0) is 48.2 Å². The number of benzene rings is 2. The Kier molecular flexibility index (Phi) is 4.07. The van der Waals surface area contributed by atoms with Gasteiger partial charge < -0.3 is 10.2 Å². The van der Waals surface area contributed by atoms with Crippen molar-refractivity contribution in [2.45, 2.75) is 13.0 Å². The number of hydrogen-bond donors (Lipinski definition) is 1. The number of amides is 1. The number of hydrogen-bond acceptors (Lipinski definition) is 2. The lowest BCUT2D eigenvalue weighted by atomic mass is 9.87. The minimum Gasteiger partial charge on any atom is -0.331 e. The Balaban J connectivity index is 1.72. The first-order chi connectivity index (χ1) is 11.6. The van der Waals surface area contributed by atoms with E-state index in [-0.39, 0.29) is 11.9 Å². The van der Waals surface area contributed by atoms with E-state index in [0.29, 0.717) is 22.4 Å². The van der Waals surface area contributed by atoms with E-state index in [1.54, 1.807) is 12.1 Å². The van der Waals surface area contributed by atoms with Crippen LogP contribution < -0.4 is 5.32 Å². The third-order valence-corrected chi connectivity index (χ3v) is 5.68. The molecule has 3 atom stereocenters. The zero-order valence-corrected chi connectivity index (χ0v) is 14.5. The third-order valence-electron chi connectivity index (χ3n) is 5.42. The number of rotatable bonds is 2. The molecule has 0 unspecified atom stereocenters. The summed E-state index contributed by atoms with van der Waals surface area (Å²) in [6, 6.07) is 15.8. The molecule has 2 aliphatic heterocycles. The average Bonchev–Trinajstić information content (AvgIpc) is 3.16. The molecule has 4 rings (SSSR count). The third kappa shape index (κ3) is 2.62. The Morgan fingerprint density at radius 3 is 2.62 bits per heavy atom. The molecule has 24 heavy (non-hydrogen) atoms. The van der Waals surface area contributed by atoms with E-state index in [9.17, 15) is 4.79 Å². The minimum atomic E-state index is 0.106. The van der Waals surface area contributed by atoms with E-state index in [1.807, 2.05) is 12.1 Å². The fourth-order valence-electron chi connectivity index (χ4n) is 4.20. The monoisotopic (exact) mass is 340 g/mol. The minimum absolute atomic E-state index is 0.106. The summed E-state index contributed by atoms with van der Waals surface area (Å²) in [5, 5.41) is 4.15. The number of carbonyl (C=O) groups is 1. The lowest BCUT2D eigenvalue weighted by Gasteiger charge is -2.29. The molecule has 2 aromatic carbocycles. The summed E-state index contributed by atoms with van der Waals surface area (Å²) in [7, 11) is 0. The van der Waals surface area contributed by atoms with Gasteiger partial charge in [-0.2, -0.15) is 0 Å². The number of halogens is 1. The number of carbonyl (C=O) groups excluding carboxylic acids is 1. The van der Waals surface area contributed by atoms with Crippen LogP contribution in [0.1, 0.15) is 27.5 Å². The molecule has 1 amide bonds. The van der Waals surface area contributed by atoms with E-state index in [0.717, 1.165) is 19.6 Å². The van der Waals surface area contributed by atoms with Gasteiger partial charge in [0.2, 0.25) is 0 Å². The Labute approximate surface area is 147 Å². The summed E-state index contributed by atoms with van der Waals surface area (Å²) in [6.07, 6.45) is 0. The maximum Gasteiger partial charge on any atom is 0.254 e. The van der Waals surface area contributed by atoms with Gasteiger partial charge in [0.25, 0.3) is 5.91 Å². The molecule has 0 aromatic heterocycles. The molecule has 0 spiro atoms. The molecule has 4 heteroatoms. The van der Waals surface area contributed by atoms with Crippen molar-refractivity contribution in [1.82, 2.24) is 10.2 Å². The molecule has 2 saturated heterocycles. The predicted molar refractivity (Wildman–Crippen MR) is 96.3 cm³/mol. The zero-order chi connectivity index (χ0) is 16.7. The lowest BCUT2D eigenvalue weighted by molar-refractivity contribution is 0.0713. The highest BCUT2D eigenvalue weighted by atomic mass is 35.5. The number of nitrogens with one attached hydrogen (secondary N) is 1. The SMILES string of the molecule is Cc1ccccc1[C@H]1[C@H]2CNC[C@H]2CN1C(=O)c1ccc(Cl)cc1. The summed E-state index contributed by atoms with van der Waals surface area (Å²) in [5.41, 5.74) is 3.24. The summed E-state index contributed by atoms with van der Waals surface area (Å²) in [4.78, 5) is 15.2. The normalized spacial score (nSPS) is 25.8. The fraction of sp³-hybridized carbons (Fsp3) is 0.350. The maximum absolute atomic E-state index is 13.1. The largest absolute Gasteiger partial charge is 0.331 e. The molecule has 0 bridgehead atoms. The first kappa shape index (κ1) is 15.7. The number of nitrogens with zero attached hydrogens (tertiary/aromatic N) is 1. The van der Waals surface area contributed by atoms with E-state index < -0.39 is 0 Å². The van der Waals surface area contributed by atoms with Gasteiger partial charge in [0, 0.05) is 36.1 Å². The molecule has 2 fully saturated rings. The summed E-state index contributed by atoms with van der Waals surface area (Å²) >= 11 is 5.97. The van der Waals surface area contributed by atoms with Gasteiger partial charge in [-0.3, -0.25) is 4.79 Å². The molecule has 2 aliphatic rings. The van der Waals surface area contributed by atoms with Crippen molar-refractivity contribution in [3.63, 3.8) is 0 Å². The van der Waals surface area contributed by atoms with E-state index in [4.69, 9.17) is 11.6 Å². The highest BCUT2D eigenvalue weighted by Gasteiger charge is 2.47. The van der Waals surface area contributed by atoms with Crippen LogP contribution in [0.4, 0.5) is 0 Å². The second-order valence-electron chi connectivity index (χ2n) is 6.85. The van der Waals surface area contributed by atoms with E-state index in [2.05, 4.69) is 41.4 Å². The predicted octanol–water partition coefficient (Wildman–Crippen LogP) is 3.68. The van der Waals surface area contributed by atoms with Crippen molar-refractivity contribution in [2.75, 3.05) is 19.6 Å². The molecule has 2 heterocycles. The van der Waals surface area contributed by atoms with Crippen molar-refractivity contribution in [3.8, 4) is 0 Å². The molecular formula is C20H21ClN2O. The van der Waals surface area contributed by atoms with Crippen LogP contribution in [0.25, 0.3) is 0 Å². The Bertz CT molecular complexity index is 758. The van der Waals surface area contributed by atoms with Crippen LogP contribution in [0.3, 0.4) is 0 Å². The Morgan fingerprint density at radius 2 is 1.88 bits per heavy atom. The van der Waals surface area contributed by atoms with Crippen LogP contribution >= 0.6 is 11.6 Å². The smallest absolute Gasteiger partial charge is 0.254 e. The number of aryl methyl sites for hydroxylation is 1. The quantitative estimate of drug-likeness (QED) is 0.904. The molecule has 2 aromatic rings. The molecule has 0 radical (unpaired) electrons. The first-order valence-electron chi connectivity index (χ1n) is 8.48. The van der Waals surface area contributed by atoms with Crippen molar-refractivity contribution in [3.05, 3.63) is 70.2 Å². The Hall–Kier alpha value is -1.84. The van der Waals surface area contributed by atoms with Gasteiger partial charge >= 0.3 is 0 Å². The van der Waals surface area contributed by atoms with Gasteiger partial charge in [-0.1, -0.05) is 35.9 Å². The van der Waals surface area contributed by atoms with Crippen molar-refractivity contribution < 1.29 is 4.79 Å². The Morgan fingerprint density at radius 1 is 1.12 bits per heavy atom. The highest BCUT2D eigenvalue weighted by molar-refractivity contribution is 6.30. The molecule has 0 saturated carbocycles. The van der Waals surface area contributed by atoms with Gasteiger partial charge in [0.15, 0.2) is 0 Å². The van der Waals surface area contributed by atoms with Crippen LogP contribution in [-0.4, -0.2) is 30.4 Å². The van der Waals surface area contributed by atoms with Gasteiger partial charge in [-0.15, -0.1) is 0 Å². The van der Waals surface area contributed by atoms with Crippen LogP contribution in [0.2, 0.25) is 5.02 Å². The van der Waals surface area contributed by atoms with E-state index in [1.165, 1.54) is 11.1 Å². The van der Waals surface area contributed by atoms with Crippen molar-refractivity contribution in [1.29, 1.82) is 0 Å². The highest BCUT2D eigenvalue weighted by Crippen LogP contribution is 2.44. The van der Waals surface area contributed by atoms with Crippen LogP contribution in [-0.2, 0) is 0 Å². The maximum atomic E-state index is 13.1. The van der Waals surface area contributed by atoms with Crippen molar-refractivity contribution in [2.24, 2.45) is 11.8 Å². The second kappa shape index (κ2) is 6.23. The first-order valence-corrected chi connectivity index (χ1v) is 8.86. The molecular weight excluding hydrogens is 320 g/mol. The van der Waals surface area contributed by atoms with Crippen LogP contribution in [0.5, 0.6) is 0 Å². The zero-order valence-electron chi connectivity index (χ0n) is 13.7. The van der Waals surface area contributed by atoms with Gasteiger partial charge in [-0.25, -0.2) is 0 Å². The summed E-state index contributed by atoms with van der Waals surface area (Å²) in [5.74, 6) is 1.13. The summed E-state index contributed by atoms with van der Waals surface area (Å²) in [6.45, 7) is 4.93. The van der Waals surface area contributed by atoms with Gasteiger partial charge in [0.1, 0.15) is 0 Å². The molecule has 124 valence electrons. The van der Waals surface area contributed by atoms with E-state index >= 15 is 0 Å².